The molecule has 2 heterocycles. The van der Waals surface area contributed by atoms with Crippen LogP contribution in [0.5, 0.6) is 0 Å². The normalized spacial score (nSPS) is 13.9. The maximum Gasteiger partial charge on any atom is 0.274 e. The number of nitrogens with one attached hydrogen (secondary N) is 1. The van der Waals surface area contributed by atoms with Gasteiger partial charge < -0.3 is 15.1 Å². The van der Waals surface area contributed by atoms with Gasteiger partial charge in [0.05, 0.1) is 12.4 Å². The van der Waals surface area contributed by atoms with Crippen LogP contribution in [0.4, 0.5) is 11.5 Å². The summed E-state index contributed by atoms with van der Waals surface area (Å²) in [7, 11) is 0. The lowest BCUT2D eigenvalue weighted by atomic mass is 10.1. The summed E-state index contributed by atoms with van der Waals surface area (Å²) in [5.74, 6) is 0.632. The van der Waals surface area contributed by atoms with E-state index in [2.05, 4.69) is 44.5 Å². The van der Waals surface area contributed by atoms with Crippen LogP contribution in [-0.4, -0.2) is 53.5 Å². The topological polar surface area (TPSA) is 61.4 Å². The second-order valence-electron chi connectivity index (χ2n) is 7.06. The number of nitrogens with zero attached hydrogens (tertiary/aromatic N) is 4. The number of carbonyl (C=O) groups excluding carboxylic acids is 1. The van der Waals surface area contributed by atoms with Crippen LogP contribution >= 0.6 is 0 Å². The molecule has 1 aromatic heterocycles. The molecule has 1 amide bonds. The second-order valence-corrected chi connectivity index (χ2v) is 7.06. The van der Waals surface area contributed by atoms with Crippen molar-refractivity contribution < 1.29 is 4.79 Å². The Morgan fingerprint density at radius 2 is 1.55 bits per heavy atom. The Hall–Kier alpha value is -3.41. The summed E-state index contributed by atoms with van der Waals surface area (Å²) in [6, 6.07) is 20.6. The van der Waals surface area contributed by atoms with Crippen LogP contribution < -0.4 is 10.2 Å². The van der Waals surface area contributed by atoms with E-state index < -0.39 is 0 Å². The van der Waals surface area contributed by atoms with Crippen molar-refractivity contribution in [2.75, 3.05) is 42.9 Å². The lowest BCUT2D eigenvalue weighted by Crippen LogP contribution is -2.49. The molecule has 4 rings (SSSR count). The van der Waals surface area contributed by atoms with Gasteiger partial charge >= 0.3 is 0 Å². The number of aromatic nitrogens is 2. The predicted octanol–water partition coefficient (Wildman–Crippen LogP) is 3.09. The Bertz CT molecular complexity index is 907. The van der Waals surface area contributed by atoms with Gasteiger partial charge in [0, 0.05) is 38.4 Å². The van der Waals surface area contributed by atoms with Gasteiger partial charge in [0.1, 0.15) is 11.5 Å². The highest BCUT2D eigenvalue weighted by molar-refractivity contribution is 5.92. The molecule has 1 aliphatic heterocycles. The predicted molar refractivity (Wildman–Crippen MR) is 115 cm³/mol. The molecule has 1 N–H and O–H groups in total. The van der Waals surface area contributed by atoms with Crippen LogP contribution in [-0.2, 0) is 6.42 Å². The highest BCUT2D eigenvalue weighted by Crippen LogP contribution is 2.16. The summed E-state index contributed by atoms with van der Waals surface area (Å²) in [6.45, 7) is 3.79. The van der Waals surface area contributed by atoms with Crippen molar-refractivity contribution >= 4 is 17.4 Å². The molecule has 0 unspecified atom stereocenters. The molecule has 6 nitrogen and oxygen atoms in total. The summed E-state index contributed by atoms with van der Waals surface area (Å²) in [6.07, 6.45) is 4.12. The zero-order chi connectivity index (χ0) is 19.9. The highest BCUT2D eigenvalue weighted by Gasteiger charge is 2.23. The zero-order valence-corrected chi connectivity index (χ0v) is 16.4. The summed E-state index contributed by atoms with van der Waals surface area (Å²) in [5, 5.41) is 3.26. The maximum absolute atomic E-state index is 12.7. The minimum atomic E-state index is -0.0546. The van der Waals surface area contributed by atoms with Gasteiger partial charge in [0.15, 0.2) is 0 Å². The average Bonchev–Trinajstić information content (AvgIpc) is 2.80. The van der Waals surface area contributed by atoms with Gasteiger partial charge in [-0.25, -0.2) is 9.97 Å². The average molecular weight is 387 g/mol. The first-order valence-corrected chi connectivity index (χ1v) is 9.99. The standard InChI is InChI=1S/C23H25N5O/c29-23(28-15-13-27(14-16-28)20-9-5-2-6-10-20)21-17-26-22(18-25-21)24-12-11-19-7-3-1-4-8-19/h1-10,17-18H,11-16H2,(H,24,26). The van der Waals surface area contributed by atoms with Crippen LogP contribution in [0.3, 0.4) is 0 Å². The summed E-state index contributed by atoms with van der Waals surface area (Å²) in [5.41, 5.74) is 2.87. The Morgan fingerprint density at radius 1 is 0.862 bits per heavy atom. The van der Waals surface area contributed by atoms with Gasteiger partial charge in [-0.2, -0.15) is 0 Å². The third-order valence-electron chi connectivity index (χ3n) is 5.12. The molecule has 1 fully saturated rings. The van der Waals surface area contributed by atoms with Crippen LogP contribution in [0.1, 0.15) is 16.1 Å². The number of carbonyl (C=O) groups is 1. The Balaban J connectivity index is 1.27. The van der Waals surface area contributed by atoms with E-state index in [9.17, 15) is 4.79 Å². The molecule has 29 heavy (non-hydrogen) atoms. The molecular weight excluding hydrogens is 362 g/mol. The molecule has 3 aromatic rings. The number of anilines is 2. The fourth-order valence-electron chi connectivity index (χ4n) is 3.48. The number of benzene rings is 2. The van der Waals surface area contributed by atoms with E-state index in [1.54, 1.807) is 12.4 Å². The van der Waals surface area contributed by atoms with Gasteiger partial charge in [-0.1, -0.05) is 48.5 Å². The third-order valence-corrected chi connectivity index (χ3v) is 5.12. The van der Waals surface area contributed by atoms with Crippen LogP contribution in [0, 0.1) is 0 Å². The lowest BCUT2D eigenvalue weighted by Gasteiger charge is -2.35. The van der Waals surface area contributed by atoms with E-state index in [1.165, 1.54) is 11.3 Å². The molecular formula is C23H25N5O. The van der Waals surface area contributed by atoms with Crippen molar-refractivity contribution in [2.45, 2.75) is 6.42 Å². The minimum absolute atomic E-state index is 0.0546. The second kappa shape index (κ2) is 9.19. The first-order chi connectivity index (χ1) is 14.3. The zero-order valence-electron chi connectivity index (χ0n) is 16.4. The van der Waals surface area contributed by atoms with Crippen molar-refractivity contribution in [3.05, 3.63) is 84.3 Å². The molecule has 0 saturated carbocycles. The quantitative estimate of drug-likeness (QED) is 0.704. The minimum Gasteiger partial charge on any atom is -0.368 e. The SMILES string of the molecule is O=C(c1cnc(NCCc2ccccc2)cn1)N1CCN(c2ccccc2)CC1. The van der Waals surface area contributed by atoms with Crippen molar-refractivity contribution in [3.8, 4) is 0 Å². The van der Waals surface area contributed by atoms with Gasteiger partial charge in [0.2, 0.25) is 0 Å². The van der Waals surface area contributed by atoms with Gasteiger partial charge in [0.25, 0.3) is 5.91 Å². The van der Waals surface area contributed by atoms with E-state index in [0.717, 1.165) is 26.1 Å². The van der Waals surface area contributed by atoms with Gasteiger partial charge in [-0.15, -0.1) is 0 Å². The molecule has 1 aliphatic rings. The molecule has 6 heteroatoms. The summed E-state index contributed by atoms with van der Waals surface area (Å²) in [4.78, 5) is 25.6. The first-order valence-electron chi connectivity index (χ1n) is 9.99. The van der Waals surface area contributed by atoms with Crippen molar-refractivity contribution in [2.24, 2.45) is 0 Å². The van der Waals surface area contributed by atoms with E-state index >= 15 is 0 Å². The van der Waals surface area contributed by atoms with Crippen molar-refractivity contribution in [1.29, 1.82) is 0 Å². The van der Waals surface area contributed by atoms with Crippen LogP contribution in [0.25, 0.3) is 0 Å². The number of piperazine rings is 1. The van der Waals surface area contributed by atoms with E-state index in [4.69, 9.17) is 0 Å². The lowest BCUT2D eigenvalue weighted by molar-refractivity contribution is 0.0740. The largest absolute Gasteiger partial charge is 0.368 e. The van der Waals surface area contributed by atoms with Crippen molar-refractivity contribution in [3.63, 3.8) is 0 Å². The van der Waals surface area contributed by atoms with Gasteiger partial charge in [-0.3, -0.25) is 4.79 Å². The van der Waals surface area contributed by atoms with E-state index in [-0.39, 0.29) is 5.91 Å². The Labute approximate surface area is 171 Å². The molecule has 2 aromatic carbocycles. The summed E-state index contributed by atoms with van der Waals surface area (Å²) < 4.78 is 0. The monoisotopic (exact) mass is 387 g/mol. The van der Waals surface area contributed by atoms with E-state index in [1.807, 2.05) is 41.3 Å². The van der Waals surface area contributed by atoms with Gasteiger partial charge in [-0.05, 0) is 24.1 Å². The highest BCUT2D eigenvalue weighted by atomic mass is 16.2. The third kappa shape index (κ3) is 4.90. The molecule has 1 saturated heterocycles. The fourth-order valence-corrected chi connectivity index (χ4v) is 3.48. The molecule has 148 valence electrons. The first kappa shape index (κ1) is 18.9. The van der Waals surface area contributed by atoms with Crippen LogP contribution in [0.2, 0.25) is 0 Å². The van der Waals surface area contributed by atoms with E-state index in [0.29, 0.717) is 24.6 Å². The number of para-hydroxylation sites is 1. The molecule has 0 spiro atoms. The fraction of sp³-hybridized carbons (Fsp3) is 0.261. The number of rotatable bonds is 6. The summed E-state index contributed by atoms with van der Waals surface area (Å²) >= 11 is 0. The molecule has 0 atom stereocenters. The number of hydrogen-bond acceptors (Lipinski definition) is 5. The van der Waals surface area contributed by atoms with Crippen molar-refractivity contribution in [1.82, 2.24) is 14.9 Å². The van der Waals surface area contributed by atoms with Crippen LogP contribution in [0.15, 0.2) is 73.1 Å². The maximum atomic E-state index is 12.7. The number of amides is 1. The smallest absolute Gasteiger partial charge is 0.274 e. The molecule has 0 bridgehead atoms. The Kier molecular flexibility index (Phi) is 6.00. The molecule has 0 aliphatic carbocycles. The Morgan fingerprint density at radius 3 is 2.21 bits per heavy atom. The molecule has 0 radical (unpaired) electrons. The number of hydrogen-bond donors (Lipinski definition) is 1.